The van der Waals surface area contributed by atoms with Crippen molar-refractivity contribution in [2.75, 3.05) is 38.2 Å². The third-order valence-corrected chi connectivity index (χ3v) is 8.58. The molecule has 9 heteroatoms. The third kappa shape index (κ3) is 4.16. The summed E-state index contributed by atoms with van der Waals surface area (Å²) in [5, 5.41) is 6.68. The minimum Gasteiger partial charge on any atom is -0.379 e. The van der Waals surface area contributed by atoms with Crippen LogP contribution in [0.15, 0.2) is 71.2 Å². The molecule has 1 aliphatic rings. The third-order valence-electron chi connectivity index (χ3n) is 5.71. The van der Waals surface area contributed by atoms with E-state index in [4.69, 9.17) is 4.74 Å². The van der Waals surface area contributed by atoms with Crippen molar-refractivity contribution < 1.29 is 13.2 Å². The first-order valence-corrected chi connectivity index (χ1v) is 12.8. The lowest BCUT2D eigenvalue weighted by molar-refractivity contribution is 0.0730. The van der Waals surface area contributed by atoms with Crippen molar-refractivity contribution in [3.8, 4) is 0 Å². The van der Waals surface area contributed by atoms with Gasteiger partial charge in [-0.3, -0.25) is 0 Å². The molecule has 0 unspecified atom stereocenters. The lowest BCUT2D eigenvalue weighted by Gasteiger charge is -2.25. The molecule has 1 aliphatic heterocycles. The van der Waals surface area contributed by atoms with Gasteiger partial charge in [-0.25, -0.2) is 13.4 Å². The summed E-state index contributed by atoms with van der Waals surface area (Å²) in [6.07, 6.45) is 3.50. The minimum absolute atomic E-state index is 0.143. The number of hydrogen-bond acceptors (Lipinski definition) is 6. The van der Waals surface area contributed by atoms with Crippen molar-refractivity contribution in [3.63, 3.8) is 0 Å². The summed E-state index contributed by atoms with van der Waals surface area (Å²) >= 11 is 1.73. The van der Waals surface area contributed by atoms with Gasteiger partial charge in [0, 0.05) is 53.7 Å². The van der Waals surface area contributed by atoms with E-state index >= 15 is 0 Å². The van der Waals surface area contributed by atoms with Gasteiger partial charge < -0.3 is 15.0 Å². The molecule has 1 atom stereocenters. The number of rotatable bonds is 7. The van der Waals surface area contributed by atoms with Gasteiger partial charge in [-0.15, -0.1) is 11.3 Å². The van der Waals surface area contributed by atoms with E-state index in [1.165, 1.54) is 26.3 Å². The molecular formula is C23H24N4O3S2. The number of nitrogens with one attached hydrogen (secondary N) is 2. The van der Waals surface area contributed by atoms with Crippen molar-refractivity contribution in [3.05, 3.63) is 76.7 Å². The Morgan fingerprint density at radius 2 is 1.97 bits per heavy atom. The summed E-state index contributed by atoms with van der Waals surface area (Å²) in [5.41, 5.74) is 2.34. The van der Waals surface area contributed by atoms with Crippen LogP contribution in [0.4, 0.5) is 5.82 Å². The first-order chi connectivity index (χ1) is 15.6. The normalized spacial score (nSPS) is 16.2. The highest BCUT2D eigenvalue weighted by molar-refractivity contribution is 7.89. The fraction of sp³-hybridized carbons (Fsp3) is 0.261. The Labute approximate surface area is 191 Å². The molecule has 4 heterocycles. The second-order valence-corrected chi connectivity index (χ2v) is 10.6. The summed E-state index contributed by atoms with van der Waals surface area (Å²) in [6, 6.07) is 15.8. The Balaban J connectivity index is 1.35. The number of benzene rings is 1. The number of pyridine rings is 1. The van der Waals surface area contributed by atoms with Gasteiger partial charge in [0.15, 0.2) is 0 Å². The molecular weight excluding hydrogens is 444 g/mol. The molecule has 1 saturated heterocycles. The predicted octanol–water partition coefficient (Wildman–Crippen LogP) is 3.89. The smallest absolute Gasteiger partial charge is 0.244 e. The molecule has 0 saturated carbocycles. The average molecular weight is 469 g/mol. The van der Waals surface area contributed by atoms with E-state index in [2.05, 4.69) is 51.1 Å². The van der Waals surface area contributed by atoms with Crippen LogP contribution < -0.4 is 5.32 Å². The van der Waals surface area contributed by atoms with Crippen molar-refractivity contribution >= 4 is 38.1 Å². The number of para-hydroxylation sites is 1. The molecule has 0 spiro atoms. The fourth-order valence-electron chi connectivity index (χ4n) is 4.02. The van der Waals surface area contributed by atoms with Crippen molar-refractivity contribution in [2.24, 2.45) is 0 Å². The van der Waals surface area contributed by atoms with Crippen LogP contribution in [0.2, 0.25) is 0 Å². The van der Waals surface area contributed by atoms with E-state index in [0.717, 1.165) is 5.52 Å². The van der Waals surface area contributed by atoms with Gasteiger partial charge in [0.1, 0.15) is 10.7 Å². The average Bonchev–Trinajstić information content (AvgIpc) is 3.51. The van der Waals surface area contributed by atoms with E-state index in [9.17, 15) is 8.42 Å². The number of hydrogen-bond donors (Lipinski definition) is 2. The maximum absolute atomic E-state index is 12.8. The molecule has 0 bridgehead atoms. The maximum atomic E-state index is 12.8. The van der Waals surface area contributed by atoms with Gasteiger partial charge >= 0.3 is 0 Å². The first-order valence-electron chi connectivity index (χ1n) is 10.5. The van der Waals surface area contributed by atoms with E-state index in [0.29, 0.717) is 38.7 Å². The van der Waals surface area contributed by atoms with Crippen LogP contribution in [0, 0.1) is 0 Å². The lowest BCUT2D eigenvalue weighted by Crippen LogP contribution is -2.40. The Hall–Kier alpha value is -2.72. The summed E-state index contributed by atoms with van der Waals surface area (Å²) < 4.78 is 32.3. The fourth-order valence-corrected chi connectivity index (χ4v) is 6.22. The predicted molar refractivity (Wildman–Crippen MR) is 127 cm³/mol. The van der Waals surface area contributed by atoms with Crippen LogP contribution in [-0.2, 0) is 14.8 Å². The van der Waals surface area contributed by atoms with Crippen LogP contribution in [0.1, 0.15) is 16.4 Å². The summed E-state index contributed by atoms with van der Waals surface area (Å²) in [4.78, 5) is 9.21. The molecule has 0 amide bonds. The number of nitrogens with zero attached hydrogens (tertiary/aromatic N) is 2. The number of ether oxygens (including phenoxy) is 1. The highest BCUT2D eigenvalue weighted by Gasteiger charge is 2.26. The number of H-pyrrole nitrogens is 1. The first kappa shape index (κ1) is 21.1. The topological polar surface area (TPSA) is 87.3 Å². The number of aromatic nitrogens is 2. The molecule has 7 nitrogen and oxygen atoms in total. The molecule has 0 aliphatic carbocycles. The van der Waals surface area contributed by atoms with E-state index in [-0.39, 0.29) is 10.8 Å². The SMILES string of the molecule is O=S(=O)(c1ccc(NC[C@@H](c2cccs2)c2c[nH]c3ccccc23)nc1)N1CCOCC1. The second kappa shape index (κ2) is 9.03. The van der Waals surface area contributed by atoms with Gasteiger partial charge in [0.2, 0.25) is 10.0 Å². The standard InChI is InChI=1S/C23H24N4O3S2/c28-32(29,27-9-11-30-12-10-27)17-7-8-23(25-14-17)26-16-20(22-6-3-13-31-22)19-15-24-21-5-2-1-4-18(19)21/h1-8,13-15,20,24H,9-12,16H2,(H,25,26)/t20-/m1/s1. The molecule has 1 fully saturated rings. The van der Waals surface area contributed by atoms with Gasteiger partial charge in [-0.2, -0.15) is 4.31 Å². The summed E-state index contributed by atoms with van der Waals surface area (Å²) in [5.74, 6) is 0.789. The monoisotopic (exact) mass is 468 g/mol. The number of aromatic amines is 1. The molecule has 1 aromatic carbocycles. The summed E-state index contributed by atoms with van der Waals surface area (Å²) in [7, 11) is -3.54. The molecule has 166 valence electrons. The van der Waals surface area contributed by atoms with Gasteiger partial charge in [0.25, 0.3) is 0 Å². The van der Waals surface area contributed by atoms with Crippen molar-refractivity contribution in [2.45, 2.75) is 10.8 Å². The zero-order valence-electron chi connectivity index (χ0n) is 17.4. The van der Waals surface area contributed by atoms with Gasteiger partial charge in [0.05, 0.1) is 13.2 Å². The molecule has 3 aromatic heterocycles. The zero-order valence-corrected chi connectivity index (χ0v) is 19.0. The van der Waals surface area contributed by atoms with Crippen LogP contribution in [-0.4, -0.2) is 55.5 Å². The Kier molecular flexibility index (Phi) is 5.97. The molecule has 4 aromatic rings. The largest absolute Gasteiger partial charge is 0.379 e. The lowest BCUT2D eigenvalue weighted by atomic mass is 9.96. The van der Waals surface area contributed by atoms with E-state index < -0.39 is 10.0 Å². The maximum Gasteiger partial charge on any atom is 0.244 e. The molecule has 32 heavy (non-hydrogen) atoms. The number of thiophene rings is 1. The van der Waals surface area contributed by atoms with Gasteiger partial charge in [-0.05, 0) is 35.2 Å². The van der Waals surface area contributed by atoms with Crippen molar-refractivity contribution in [1.82, 2.24) is 14.3 Å². The van der Waals surface area contributed by atoms with Crippen molar-refractivity contribution in [1.29, 1.82) is 0 Å². The Bertz CT molecular complexity index is 1280. The molecule has 5 rings (SSSR count). The van der Waals surface area contributed by atoms with Crippen LogP contribution in [0.5, 0.6) is 0 Å². The summed E-state index contributed by atoms with van der Waals surface area (Å²) in [6.45, 7) is 2.23. The zero-order chi connectivity index (χ0) is 22.0. The van der Waals surface area contributed by atoms with Gasteiger partial charge in [-0.1, -0.05) is 24.3 Å². The highest BCUT2D eigenvalue weighted by atomic mass is 32.2. The van der Waals surface area contributed by atoms with Crippen LogP contribution in [0.25, 0.3) is 10.9 Å². The quantitative estimate of drug-likeness (QED) is 0.430. The van der Waals surface area contributed by atoms with E-state index in [1.54, 1.807) is 23.5 Å². The van der Waals surface area contributed by atoms with E-state index in [1.807, 2.05) is 12.1 Å². The molecule has 0 radical (unpaired) electrons. The number of anilines is 1. The number of fused-ring (bicyclic) bond motifs is 1. The Morgan fingerprint density at radius 3 is 2.72 bits per heavy atom. The van der Waals surface area contributed by atoms with Crippen LogP contribution >= 0.6 is 11.3 Å². The number of sulfonamides is 1. The number of morpholine rings is 1. The highest BCUT2D eigenvalue weighted by Crippen LogP contribution is 2.33. The minimum atomic E-state index is -3.54. The van der Waals surface area contributed by atoms with Crippen LogP contribution in [0.3, 0.4) is 0 Å². The molecule has 2 N–H and O–H groups in total. The Morgan fingerprint density at radius 1 is 1.12 bits per heavy atom. The second-order valence-electron chi connectivity index (χ2n) is 7.63.